The van der Waals surface area contributed by atoms with Crippen LogP contribution in [0.15, 0.2) is 42.5 Å². The second-order valence-electron chi connectivity index (χ2n) is 6.81. The summed E-state index contributed by atoms with van der Waals surface area (Å²) in [7, 11) is -3.62. The van der Waals surface area contributed by atoms with Gasteiger partial charge in [0.25, 0.3) is 0 Å². The van der Waals surface area contributed by atoms with Crippen molar-refractivity contribution in [3.05, 3.63) is 53.6 Å². The van der Waals surface area contributed by atoms with Crippen molar-refractivity contribution in [3.63, 3.8) is 0 Å². The number of benzene rings is 2. The molecule has 1 aliphatic rings. The molecule has 1 amide bonds. The fraction of sp³-hybridized carbons (Fsp3) is 0.350. The van der Waals surface area contributed by atoms with E-state index in [0.29, 0.717) is 23.8 Å². The second kappa shape index (κ2) is 8.10. The Morgan fingerprint density at radius 1 is 1.11 bits per heavy atom. The predicted molar refractivity (Wildman–Crippen MR) is 107 cm³/mol. The van der Waals surface area contributed by atoms with Crippen LogP contribution in [0.3, 0.4) is 0 Å². The standard InChI is InChI=1S/C20H24N2O5S/c1-14-7-6-8-15(2)20(14)22(28(3,24)25)12-19(23)21-11-16-13-26-17-9-4-5-10-18(17)27-16/h4-10,16H,11-13H2,1-3H3,(H,21,23). The van der Waals surface area contributed by atoms with Gasteiger partial charge in [-0.25, -0.2) is 8.42 Å². The average molecular weight is 404 g/mol. The highest BCUT2D eigenvalue weighted by atomic mass is 32.2. The maximum absolute atomic E-state index is 12.5. The van der Waals surface area contributed by atoms with Crippen molar-refractivity contribution in [1.82, 2.24) is 5.32 Å². The van der Waals surface area contributed by atoms with Gasteiger partial charge in [0.05, 0.1) is 18.5 Å². The summed E-state index contributed by atoms with van der Waals surface area (Å²) in [4.78, 5) is 12.5. The van der Waals surface area contributed by atoms with Crippen LogP contribution in [-0.4, -0.2) is 46.4 Å². The van der Waals surface area contributed by atoms with Crippen LogP contribution < -0.4 is 19.1 Å². The lowest BCUT2D eigenvalue weighted by atomic mass is 10.1. The lowest BCUT2D eigenvalue weighted by Crippen LogP contribution is -2.45. The van der Waals surface area contributed by atoms with Gasteiger partial charge in [0.1, 0.15) is 19.3 Å². The van der Waals surface area contributed by atoms with Crippen molar-refractivity contribution in [1.29, 1.82) is 0 Å². The molecule has 3 rings (SSSR count). The minimum Gasteiger partial charge on any atom is -0.486 e. The zero-order valence-corrected chi connectivity index (χ0v) is 17.0. The molecule has 8 heteroatoms. The third kappa shape index (κ3) is 4.56. The Morgan fingerprint density at radius 2 is 1.75 bits per heavy atom. The van der Waals surface area contributed by atoms with Gasteiger partial charge >= 0.3 is 0 Å². The molecule has 0 aliphatic carbocycles. The van der Waals surface area contributed by atoms with Crippen LogP contribution in [0.5, 0.6) is 11.5 Å². The summed E-state index contributed by atoms with van der Waals surface area (Å²) in [6, 6.07) is 12.8. The topological polar surface area (TPSA) is 84.9 Å². The predicted octanol–water partition coefficient (Wildman–Crippen LogP) is 2.03. The van der Waals surface area contributed by atoms with Crippen molar-refractivity contribution in [2.75, 3.05) is 30.3 Å². The van der Waals surface area contributed by atoms with E-state index in [1.807, 2.05) is 50.2 Å². The van der Waals surface area contributed by atoms with Crippen LogP contribution in [-0.2, 0) is 14.8 Å². The van der Waals surface area contributed by atoms with Crippen LogP contribution >= 0.6 is 0 Å². The highest BCUT2D eigenvalue weighted by molar-refractivity contribution is 7.92. The molecule has 1 atom stereocenters. The van der Waals surface area contributed by atoms with Crippen LogP contribution in [0.25, 0.3) is 0 Å². The molecule has 150 valence electrons. The Labute approximate surface area is 165 Å². The van der Waals surface area contributed by atoms with Gasteiger partial charge in [0.15, 0.2) is 11.5 Å². The first-order chi connectivity index (χ1) is 13.3. The zero-order valence-electron chi connectivity index (χ0n) is 16.1. The highest BCUT2D eigenvalue weighted by Gasteiger charge is 2.25. The van der Waals surface area contributed by atoms with Gasteiger partial charge in [0.2, 0.25) is 15.9 Å². The monoisotopic (exact) mass is 404 g/mol. The Hall–Kier alpha value is -2.74. The van der Waals surface area contributed by atoms with Gasteiger partial charge in [0, 0.05) is 0 Å². The molecule has 0 saturated carbocycles. The molecule has 1 aliphatic heterocycles. The van der Waals surface area contributed by atoms with Crippen LogP contribution in [0, 0.1) is 13.8 Å². The summed E-state index contributed by atoms with van der Waals surface area (Å²) < 4.78 is 37.2. The number of aryl methyl sites for hydroxylation is 2. The van der Waals surface area contributed by atoms with Crippen molar-refractivity contribution >= 4 is 21.6 Å². The van der Waals surface area contributed by atoms with Gasteiger partial charge in [-0.05, 0) is 37.1 Å². The normalized spacial score (nSPS) is 15.8. The van der Waals surface area contributed by atoms with E-state index in [9.17, 15) is 13.2 Å². The van der Waals surface area contributed by atoms with E-state index in [-0.39, 0.29) is 19.2 Å². The number of carbonyl (C=O) groups excluding carboxylic acids is 1. The number of sulfonamides is 1. The molecule has 0 radical (unpaired) electrons. The van der Waals surface area contributed by atoms with E-state index in [4.69, 9.17) is 9.47 Å². The number of amides is 1. The number of rotatable bonds is 6. The maximum Gasteiger partial charge on any atom is 0.240 e. The summed E-state index contributed by atoms with van der Waals surface area (Å²) in [5.74, 6) is 0.889. The van der Waals surface area contributed by atoms with Gasteiger partial charge in [-0.1, -0.05) is 30.3 Å². The lowest BCUT2D eigenvalue weighted by molar-refractivity contribution is -0.120. The summed E-state index contributed by atoms with van der Waals surface area (Å²) in [5.41, 5.74) is 2.11. The third-order valence-electron chi connectivity index (χ3n) is 4.47. The van der Waals surface area contributed by atoms with Crippen molar-refractivity contribution in [3.8, 4) is 11.5 Å². The zero-order chi connectivity index (χ0) is 20.3. The smallest absolute Gasteiger partial charge is 0.240 e. The molecule has 2 aromatic carbocycles. The molecule has 7 nitrogen and oxygen atoms in total. The number of fused-ring (bicyclic) bond motifs is 1. The number of nitrogens with zero attached hydrogens (tertiary/aromatic N) is 1. The summed E-state index contributed by atoms with van der Waals surface area (Å²) in [5, 5.41) is 2.74. The summed E-state index contributed by atoms with van der Waals surface area (Å²) in [6.07, 6.45) is 0.756. The molecule has 0 bridgehead atoms. The molecular formula is C20H24N2O5S. The summed E-state index contributed by atoms with van der Waals surface area (Å²) in [6.45, 7) is 3.88. The van der Waals surface area contributed by atoms with Gasteiger partial charge in [-0.2, -0.15) is 0 Å². The highest BCUT2D eigenvalue weighted by Crippen LogP contribution is 2.30. The van der Waals surface area contributed by atoms with Gasteiger partial charge in [-0.15, -0.1) is 0 Å². The maximum atomic E-state index is 12.5. The molecule has 0 spiro atoms. The third-order valence-corrected chi connectivity index (χ3v) is 5.58. The Balaban J connectivity index is 1.65. The molecule has 0 fully saturated rings. The van der Waals surface area contributed by atoms with Crippen molar-refractivity contribution in [2.45, 2.75) is 20.0 Å². The van der Waals surface area contributed by atoms with Crippen LogP contribution in [0.2, 0.25) is 0 Å². The molecule has 28 heavy (non-hydrogen) atoms. The minimum absolute atomic E-state index is 0.220. The van der Waals surface area contributed by atoms with Gasteiger partial charge in [-0.3, -0.25) is 9.10 Å². The van der Waals surface area contributed by atoms with E-state index >= 15 is 0 Å². The second-order valence-corrected chi connectivity index (χ2v) is 8.72. The van der Waals surface area contributed by atoms with Gasteiger partial charge < -0.3 is 14.8 Å². The number of para-hydroxylation sites is 3. The average Bonchev–Trinajstić information content (AvgIpc) is 2.64. The van der Waals surface area contributed by atoms with Crippen molar-refractivity contribution < 1.29 is 22.7 Å². The summed E-state index contributed by atoms with van der Waals surface area (Å²) >= 11 is 0. The number of hydrogen-bond acceptors (Lipinski definition) is 5. The van der Waals surface area contributed by atoms with Crippen molar-refractivity contribution in [2.24, 2.45) is 0 Å². The van der Waals surface area contributed by atoms with E-state index < -0.39 is 15.9 Å². The molecule has 1 unspecified atom stereocenters. The van der Waals surface area contributed by atoms with Crippen LogP contribution in [0.4, 0.5) is 5.69 Å². The number of ether oxygens (including phenoxy) is 2. The number of hydrogen-bond donors (Lipinski definition) is 1. The number of nitrogens with one attached hydrogen (secondary N) is 1. The largest absolute Gasteiger partial charge is 0.486 e. The number of carbonyl (C=O) groups is 1. The number of anilines is 1. The first-order valence-electron chi connectivity index (χ1n) is 8.95. The molecular weight excluding hydrogens is 380 g/mol. The Morgan fingerprint density at radius 3 is 2.39 bits per heavy atom. The molecule has 2 aromatic rings. The molecule has 0 aromatic heterocycles. The SMILES string of the molecule is Cc1cccc(C)c1N(CC(=O)NCC1COc2ccccc2O1)S(C)(=O)=O. The Bertz CT molecular complexity index is 954. The van der Waals surface area contributed by atoms with Crippen LogP contribution in [0.1, 0.15) is 11.1 Å². The minimum atomic E-state index is -3.62. The molecule has 0 saturated heterocycles. The van der Waals surface area contributed by atoms with E-state index in [1.54, 1.807) is 6.07 Å². The first kappa shape index (κ1) is 20.0. The first-order valence-corrected chi connectivity index (χ1v) is 10.8. The van der Waals surface area contributed by atoms with E-state index in [2.05, 4.69) is 5.32 Å². The fourth-order valence-electron chi connectivity index (χ4n) is 3.14. The molecule has 1 heterocycles. The van der Waals surface area contributed by atoms with E-state index in [0.717, 1.165) is 21.7 Å². The fourth-order valence-corrected chi connectivity index (χ4v) is 4.11. The lowest BCUT2D eigenvalue weighted by Gasteiger charge is -2.28. The quantitative estimate of drug-likeness (QED) is 0.796. The van der Waals surface area contributed by atoms with E-state index in [1.165, 1.54) is 0 Å². The Kier molecular flexibility index (Phi) is 5.79. The molecule has 1 N–H and O–H groups in total.